The number of aromatic nitrogens is 1. The lowest BCUT2D eigenvalue weighted by molar-refractivity contribution is 0.150. The van der Waals surface area contributed by atoms with Crippen molar-refractivity contribution < 1.29 is 8.78 Å². The van der Waals surface area contributed by atoms with Crippen LogP contribution in [0.15, 0.2) is 12.3 Å². The van der Waals surface area contributed by atoms with E-state index in [2.05, 4.69) is 20.9 Å². The van der Waals surface area contributed by atoms with Crippen molar-refractivity contribution in [3.8, 4) is 6.07 Å². The van der Waals surface area contributed by atoms with E-state index in [4.69, 9.17) is 5.26 Å². The fourth-order valence-corrected chi connectivity index (χ4v) is 1.37. The quantitative estimate of drug-likeness (QED) is 0.753. The minimum atomic E-state index is -2.55. The van der Waals surface area contributed by atoms with Crippen molar-refractivity contribution in [2.45, 2.75) is 11.8 Å². The molecule has 0 aliphatic carbocycles. The Morgan fingerprint density at radius 1 is 1.62 bits per heavy atom. The van der Waals surface area contributed by atoms with Crippen LogP contribution in [0.1, 0.15) is 23.2 Å². The molecule has 0 spiro atoms. The molecule has 0 amide bonds. The van der Waals surface area contributed by atoms with Crippen molar-refractivity contribution in [3.63, 3.8) is 0 Å². The molecule has 0 bridgehead atoms. The van der Waals surface area contributed by atoms with Gasteiger partial charge < -0.3 is 0 Å². The van der Waals surface area contributed by atoms with Crippen LogP contribution in [0.5, 0.6) is 0 Å². The Hall–Kier alpha value is -1.02. The molecule has 0 saturated heterocycles. The van der Waals surface area contributed by atoms with E-state index in [1.54, 1.807) is 6.07 Å². The summed E-state index contributed by atoms with van der Waals surface area (Å²) in [5.74, 6) is 0. The second-order valence-corrected chi connectivity index (χ2v) is 2.88. The Balaban J connectivity index is 3.17. The fraction of sp³-hybridized carbons (Fsp3) is 0.250. The molecule has 0 N–H and O–H groups in total. The van der Waals surface area contributed by atoms with Gasteiger partial charge >= 0.3 is 0 Å². The molecule has 0 aliphatic rings. The van der Waals surface area contributed by atoms with Crippen LogP contribution < -0.4 is 0 Å². The molecule has 1 heterocycles. The molecule has 68 valence electrons. The van der Waals surface area contributed by atoms with E-state index >= 15 is 0 Å². The van der Waals surface area contributed by atoms with Crippen LogP contribution in [0.4, 0.5) is 8.78 Å². The number of hydrogen-bond donors (Lipinski definition) is 0. The highest BCUT2D eigenvalue weighted by Gasteiger charge is 2.13. The first-order valence-electron chi connectivity index (χ1n) is 3.42. The largest absolute Gasteiger partial charge is 0.265 e. The molecule has 1 rings (SSSR count). The summed E-state index contributed by atoms with van der Waals surface area (Å²) >= 11 is 3.07. The lowest BCUT2D eigenvalue weighted by atomic mass is 10.1. The first kappa shape index (κ1) is 10.1. The molecule has 0 unspecified atom stereocenters. The molecule has 0 aliphatic heterocycles. The van der Waals surface area contributed by atoms with Crippen molar-refractivity contribution in [1.29, 1.82) is 5.26 Å². The van der Waals surface area contributed by atoms with E-state index in [0.29, 0.717) is 10.9 Å². The summed E-state index contributed by atoms with van der Waals surface area (Å²) in [6.45, 7) is 0. The summed E-state index contributed by atoms with van der Waals surface area (Å²) in [6.07, 6.45) is -1.51. The van der Waals surface area contributed by atoms with Crippen molar-refractivity contribution in [2.75, 3.05) is 0 Å². The fourth-order valence-electron chi connectivity index (χ4n) is 0.881. The molecule has 13 heavy (non-hydrogen) atoms. The first-order valence-corrected chi connectivity index (χ1v) is 4.54. The van der Waals surface area contributed by atoms with Crippen molar-refractivity contribution >= 4 is 15.9 Å². The van der Waals surface area contributed by atoms with Gasteiger partial charge in [-0.05, 0) is 11.6 Å². The molecule has 1 aromatic heterocycles. The molecule has 0 radical (unpaired) electrons. The summed E-state index contributed by atoms with van der Waals surface area (Å²) in [4.78, 5) is 3.57. The van der Waals surface area contributed by atoms with Crippen LogP contribution in [-0.4, -0.2) is 4.98 Å². The van der Waals surface area contributed by atoms with E-state index in [0.717, 1.165) is 6.20 Å². The standard InChI is InChI=1S/C8H5BrF2N2/c9-2-5-1-6(3-12)13-4-7(5)8(10)11/h1,4,8H,2H2. The molecule has 0 aromatic carbocycles. The number of halogens is 3. The van der Waals surface area contributed by atoms with Gasteiger partial charge in [0.05, 0.1) is 0 Å². The summed E-state index contributed by atoms with van der Waals surface area (Å²) in [5.41, 5.74) is 0.427. The van der Waals surface area contributed by atoms with E-state index in [-0.39, 0.29) is 11.3 Å². The predicted molar refractivity (Wildman–Crippen MR) is 46.5 cm³/mol. The van der Waals surface area contributed by atoms with Crippen LogP contribution >= 0.6 is 15.9 Å². The van der Waals surface area contributed by atoms with E-state index in [1.807, 2.05) is 0 Å². The molecule has 0 fully saturated rings. The monoisotopic (exact) mass is 246 g/mol. The van der Waals surface area contributed by atoms with Crippen molar-refractivity contribution in [1.82, 2.24) is 4.98 Å². The second-order valence-electron chi connectivity index (χ2n) is 2.31. The van der Waals surface area contributed by atoms with Crippen LogP contribution in [0, 0.1) is 11.3 Å². The highest BCUT2D eigenvalue weighted by atomic mass is 79.9. The van der Waals surface area contributed by atoms with Gasteiger partial charge in [-0.1, -0.05) is 15.9 Å². The van der Waals surface area contributed by atoms with Crippen LogP contribution in [0.25, 0.3) is 0 Å². The maximum absolute atomic E-state index is 12.3. The van der Waals surface area contributed by atoms with Gasteiger partial charge in [0, 0.05) is 17.1 Å². The second kappa shape index (κ2) is 4.28. The zero-order valence-corrected chi connectivity index (χ0v) is 8.05. The highest BCUT2D eigenvalue weighted by Crippen LogP contribution is 2.24. The number of hydrogen-bond acceptors (Lipinski definition) is 2. The average Bonchev–Trinajstić information content (AvgIpc) is 2.16. The third-order valence-electron chi connectivity index (χ3n) is 1.52. The van der Waals surface area contributed by atoms with Gasteiger partial charge in [-0.3, -0.25) is 0 Å². The Labute approximate surface area is 82.3 Å². The third kappa shape index (κ3) is 2.22. The van der Waals surface area contributed by atoms with Crippen LogP contribution in [0.2, 0.25) is 0 Å². The lowest BCUT2D eigenvalue weighted by Crippen LogP contribution is -1.95. The minimum absolute atomic E-state index is 0.129. The van der Waals surface area contributed by atoms with Gasteiger partial charge in [-0.2, -0.15) is 5.26 Å². The lowest BCUT2D eigenvalue weighted by Gasteiger charge is -2.04. The Bertz CT molecular complexity index is 346. The van der Waals surface area contributed by atoms with Gasteiger partial charge in [0.25, 0.3) is 6.43 Å². The number of rotatable bonds is 2. The summed E-state index contributed by atoms with van der Waals surface area (Å²) in [5, 5.41) is 8.77. The van der Waals surface area contributed by atoms with Crippen molar-refractivity contribution in [2.24, 2.45) is 0 Å². The average molecular weight is 247 g/mol. The zero-order valence-electron chi connectivity index (χ0n) is 6.47. The van der Waals surface area contributed by atoms with E-state index < -0.39 is 6.43 Å². The molecule has 5 heteroatoms. The number of pyridine rings is 1. The Kier molecular flexibility index (Phi) is 3.32. The SMILES string of the molecule is N#Cc1cc(CBr)c(C(F)F)cn1. The predicted octanol–water partition coefficient (Wildman–Crippen LogP) is 2.79. The molecule has 0 atom stereocenters. The third-order valence-corrected chi connectivity index (χ3v) is 2.12. The van der Waals surface area contributed by atoms with Gasteiger partial charge in [-0.15, -0.1) is 0 Å². The van der Waals surface area contributed by atoms with Crippen LogP contribution in [0.3, 0.4) is 0 Å². The van der Waals surface area contributed by atoms with Gasteiger partial charge in [0.15, 0.2) is 0 Å². The summed E-state index contributed by atoms with van der Waals surface area (Å²) < 4.78 is 24.6. The number of nitriles is 1. The van der Waals surface area contributed by atoms with Gasteiger partial charge in [-0.25, -0.2) is 13.8 Å². The summed E-state index contributed by atoms with van der Waals surface area (Å²) in [6, 6.07) is 3.15. The maximum atomic E-state index is 12.3. The Morgan fingerprint density at radius 2 is 2.31 bits per heavy atom. The molecule has 2 nitrogen and oxygen atoms in total. The highest BCUT2D eigenvalue weighted by molar-refractivity contribution is 9.08. The van der Waals surface area contributed by atoms with Crippen molar-refractivity contribution in [3.05, 3.63) is 29.1 Å². The molecule has 1 aromatic rings. The number of nitrogens with zero attached hydrogens (tertiary/aromatic N) is 2. The Morgan fingerprint density at radius 3 is 2.77 bits per heavy atom. The van der Waals surface area contributed by atoms with Gasteiger partial charge in [0.2, 0.25) is 0 Å². The maximum Gasteiger partial charge on any atom is 0.265 e. The zero-order chi connectivity index (χ0) is 9.84. The molecular formula is C8H5BrF2N2. The molecular weight excluding hydrogens is 242 g/mol. The number of alkyl halides is 3. The first-order chi connectivity index (χ1) is 6.19. The summed E-state index contributed by atoms with van der Waals surface area (Å²) in [7, 11) is 0. The molecule has 0 saturated carbocycles. The minimum Gasteiger partial charge on any atom is -0.245 e. The normalized spacial score (nSPS) is 10.1. The van der Waals surface area contributed by atoms with E-state index in [9.17, 15) is 8.78 Å². The smallest absolute Gasteiger partial charge is 0.245 e. The van der Waals surface area contributed by atoms with E-state index in [1.165, 1.54) is 6.07 Å². The van der Waals surface area contributed by atoms with Crippen LogP contribution in [-0.2, 0) is 5.33 Å². The topological polar surface area (TPSA) is 36.7 Å². The van der Waals surface area contributed by atoms with Gasteiger partial charge in [0.1, 0.15) is 11.8 Å².